The van der Waals surface area contributed by atoms with Crippen molar-refractivity contribution in [2.75, 3.05) is 13.1 Å². The van der Waals surface area contributed by atoms with Crippen LogP contribution in [0.15, 0.2) is 0 Å². The van der Waals surface area contributed by atoms with Gasteiger partial charge in [0.25, 0.3) is 0 Å². The lowest BCUT2D eigenvalue weighted by molar-refractivity contribution is -0.0198. The molecule has 1 fully saturated rings. The van der Waals surface area contributed by atoms with Crippen LogP contribution in [0.3, 0.4) is 0 Å². The van der Waals surface area contributed by atoms with Gasteiger partial charge < -0.3 is 5.32 Å². The molecule has 0 aromatic heterocycles. The van der Waals surface area contributed by atoms with E-state index in [1.807, 2.05) is 0 Å². The van der Waals surface area contributed by atoms with Gasteiger partial charge in [-0.05, 0) is 31.6 Å². The molecule has 0 aliphatic carbocycles. The molecule has 2 heteroatoms. The van der Waals surface area contributed by atoms with Crippen molar-refractivity contribution in [3.63, 3.8) is 0 Å². The molecular weight excluding hydrogens is 220 g/mol. The Hall–Kier alpha value is -0.0800. The second kappa shape index (κ2) is 5.92. The van der Waals surface area contributed by atoms with Crippen LogP contribution in [0.2, 0.25) is 0 Å². The summed E-state index contributed by atoms with van der Waals surface area (Å²) < 4.78 is 0. The second-order valence-corrected chi connectivity index (χ2v) is 7.14. The molecule has 0 saturated carbocycles. The number of hydrogen-bond acceptors (Lipinski definition) is 2. The number of hydrogen-bond donors (Lipinski definition) is 1. The highest BCUT2D eigenvalue weighted by Crippen LogP contribution is 2.33. The number of rotatable bonds is 4. The fourth-order valence-electron chi connectivity index (χ4n) is 3.22. The molecule has 1 aliphatic heterocycles. The predicted molar refractivity (Wildman–Crippen MR) is 81.0 cm³/mol. The first kappa shape index (κ1) is 16.0. The Morgan fingerprint density at radius 1 is 1.22 bits per heavy atom. The zero-order valence-electron chi connectivity index (χ0n) is 13.6. The van der Waals surface area contributed by atoms with Crippen LogP contribution in [-0.2, 0) is 0 Å². The van der Waals surface area contributed by atoms with Gasteiger partial charge >= 0.3 is 0 Å². The smallest absolute Gasteiger partial charge is 0.0332 e. The highest BCUT2D eigenvalue weighted by molar-refractivity contribution is 5.01. The van der Waals surface area contributed by atoms with E-state index in [4.69, 9.17) is 0 Å². The van der Waals surface area contributed by atoms with Gasteiger partial charge in [-0.3, -0.25) is 4.90 Å². The largest absolute Gasteiger partial charge is 0.310 e. The van der Waals surface area contributed by atoms with Crippen LogP contribution in [0.5, 0.6) is 0 Å². The van der Waals surface area contributed by atoms with Crippen molar-refractivity contribution in [2.24, 2.45) is 5.41 Å². The van der Waals surface area contributed by atoms with Gasteiger partial charge in [-0.15, -0.1) is 0 Å². The molecule has 2 atom stereocenters. The summed E-state index contributed by atoms with van der Waals surface area (Å²) in [5.41, 5.74) is 0.719. The molecule has 108 valence electrons. The van der Waals surface area contributed by atoms with Crippen LogP contribution in [0, 0.1) is 5.41 Å². The van der Waals surface area contributed by atoms with Crippen LogP contribution in [-0.4, -0.2) is 35.6 Å². The van der Waals surface area contributed by atoms with Crippen molar-refractivity contribution in [3.05, 3.63) is 0 Å². The Morgan fingerprint density at radius 2 is 1.78 bits per heavy atom. The van der Waals surface area contributed by atoms with Crippen molar-refractivity contribution in [2.45, 2.75) is 85.4 Å². The van der Waals surface area contributed by atoms with E-state index in [1.54, 1.807) is 0 Å². The Kier molecular flexibility index (Phi) is 5.25. The lowest BCUT2D eigenvalue weighted by Gasteiger charge is -2.54. The summed E-state index contributed by atoms with van der Waals surface area (Å²) in [6, 6.07) is 1.30. The second-order valence-electron chi connectivity index (χ2n) is 7.14. The minimum Gasteiger partial charge on any atom is -0.310 e. The van der Waals surface area contributed by atoms with Crippen molar-refractivity contribution in [1.29, 1.82) is 0 Å². The minimum absolute atomic E-state index is 0.347. The fraction of sp³-hybridized carbons (Fsp3) is 1.00. The van der Waals surface area contributed by atoms with Crippen LogP contribution >= 0.6 is 0 Å². The summed E-state index contributed by atoms with van der Waals surface area (Å²) >= 11 is 0. The van der Waals surface area contributed by atoms with E-state index in [1.165, 1.54) is 25.8 Å². The van der Waals surface area contributed by atoms with E-state index in [-0.39, 0.29) is 0 Å². The summed E-state index contributed by atoms with van der Waals surface area (Å²) in [4.78, 5) is 2.79. The zero-order chi connectivity index (χ0) is 14.0. The average molecular weight is 254 g/mol. The quantitative estimate of drug-likeness (QED) is 0.823. The third-order valence-electron chi connectivity index (χ3n) is 5.15. The summed E-state index contributed by atoms with van der Waals surface area (Å²) in [6.45, 7) is 18.8. The lowest BCUT2D eigenvalue weighted by atomic mass is 9.79. The normalized spacial score (nSPS) is 27.2. The number of piperazine rings is 1. The first-order valence-corrected chi connectivity index (χ1v) is 7.80. The molecule has 0 aromatic rings. The Balaban J connectivity index is 2.92. The molecule has 2 nitrogen and oxygen atoms in total. The van der Waals surface area contributed by atoms with Gasteiger partial charge in [0.15, 0.2) is 0 Å². The van der Waals surface area contributed by atoms with Gasteiger partial charge in [0.1, 0.15) is 0 Å². The highest BCUT2D eigenvalue weighted by Gasteiger charge is 2.43. The molecule has 1 rings (SSSR count). The summed E-state index contributed by atoms with van der Waals surface area (Å²) in [6.07, 6.45) is 3.74. The van der Waals surface area contributed by atoms with Crippen LogP contribution in [0.1, 0.15) is 67.7 Å². The summed E-state index contributed by atoms with van der Waals surface area (Å²) in [5, 5.41) is 3.82. The Morgan fingerprint density at radius 3 is 2.17 bits per heavy atom. The van der Waals surface area contributed by atoms with E-state index in [0.29, 0.717) is 23.0 Å². The molecule has 0 spiro atoms. The number of nitrogens with zero attached hydrogens (tertiary/aromatic N) is 1. The third kappa shape index (κ3) is 3.08. The number of nitrogens with one attached hydrogen (secondary N) is 1. The molecule has 1 N–H and O–H groups in total. The first-order valence-electron chi connectivity index (χ1n) is 7.80. The molecule has 1 saturated heterocycles. The van der Waals surface area contributed by atoms with E-state index in [0.717, 1.165) is 6.54 Å². The van der Waals surface area contributed by atoms with Crippen molar-refractivity contribution in [3.8, 4) is 0 Å². The van der Waals surface area contributed by atoms with Gasteiger partial charge in [0.05, 0.1) is 0 Å². The molecular formula is C16H34N2. The van der Waals surface area contributed by atoms with E-state index in [2.05, 4.69) is 58.7 Å². The molecule has 0 bridgehead atoms. The molecule has 0 amide bonds. The molecule has 1 heterocycles. The summed E-state index contributed by atoms with van der Waals surface area (Å²) in [7, 11) is 0. The maximum atomic E-state index is 3.82. The van der Waals surface area contributed by atoms with Crippen LogP contribution < -0.4 is 5.32 Å². The standard InChI is InChI=1S/C16H34N2/c1-8-13(4)18-11-14(15(5,6)7)17-12-16(18,9-2)10-3/h13-14,17H,8-12H2,1-7H3. The monoisotopic (exact) mass is 254 g/mol. The van der Waals surface area contributed by atoms with Crippen molar-refractivity contribution in [1.82, 2.24) is 10.2 Å². The Labute approximate surface area is 115 Å². The average Bonchev–Trinajstić information content (AvgIpc) is 2.35. The van der Waals surface area contributed by atoms with Crippen LogP contribution in [0.4, 0.5) is 0 Å². The molecule has 1 aliphatic rings. The zero-order valence-corrected chi connectivity index (χ0v) is 13.6. The molecule has 2 unspecified atom stereocenters. The van der Waals surface area contributed by atoms with Gasteiger partial charge in [-0.1, -0.05) is 41.5 Å². The Bertz CT molecular complexity index is 250. The lowest BCUT2D eigenvalue weighted by Crippen LogP contribution is -2.68. The van der Waals surface area contributed by atoms with Crippen LogP contribution in [0.25, 0.3) is 0 Å². The van der Waals surface area contributed by atoms with Gasteiger partial charge in [-0.25, -0.2) is 0 Å². The van der Waals surface area contributed by atoms with Crippen molar-refractivity contribution >= 4 is 0 Å². The maximum absolute atomic E-state index is 3.82. The van der Waals surface area contributed by atoms with Crippen molar-refractivity contribution < 1.29 is 0 Å². The molecule has 0 aromatic carbocycles. The topological polar surface area (TPSA) is 15.3 Å². The van der Waals surface area contributed by atoms with E-state index in [9.17, 15) is 0 Å². The van der Waals surface area contributed by atoms with E-state index < -0.39 is 0 Å². The molecule has 18 heavy (non-hydrogen) atoms. The predicted octanol–water partition coefficient (Wildman–Crippen LogP) is 3.66. The minimum atomic E-state index is 0.347. The fourth-order valence-corrected chi connectivity index (χ4v) is 3.22. The van der Waals surface area contributed by atoms with Gasteiger partial charge in [0.2, 0.25) is 0 Å². The highest BCUT2D eigenvalue weighted by atomic mass is 15.3. The maximum Gasteiger partial charge on any atom is 0.0332 e. The first-order chi connectivity index (χ1) is 8.30. The SMILES string of the molecule is CCC(C)N1CC(C(C)(C)C)NCC1(CC)CC. The third-order valence-corrected chi connectivity index (χ3v) is 5.15. The van der Waals surface area contributed by atoms with Gasteiger partial charge in [0, 0.05) is 30.7 Å². The van der Waals surface area contributed by atoms with E-state index >= 15 is 0 Å². The summed E-state index contributed by atoms with van der Waals surface area (Å²) in [5.74, 6) is 0. The molecule has 0 radical (unpaired) electrons. The van der Waals surface area contributed by atoms with Gasteiger partial charge in [-0.2, -0.15) is 0 Å².